The monoisotopic (exact) mass is 846 g/mol. The van der Waals surface area contributed by atoms with Gasteiger partial charge in [-0.05, 0) is 122 Å². The van der Waals surface area contributed by atoms with Crippen molar-refractivity contribution < 1.29 is 0 Å². The van der Waals surface area contributed by atoms with Gasteiger partial charge in [0.2, 0.25) is 5.95 Å². The molecule has 0 N–H and O–H groups in total. The molecule has 4 heteroatoms. The Kier molecular flexibility index (Phi) is 10.7. The number of benzene rings is 8. The van der Waals surface area contributed by atoms with Gasteiger partial charge in [0, 0.05) is 40.7 Å². The third-order valence-corrected chi connectivity index (χ3v) is 12.8. The summed E-state index contributed by atoms with van der Waals surface area (Å²) in [6.45, 7) is 4.75. The maximum Gasteiger partial charge on any atom is 0.234 e. The zero-order chi connectivity index (χ0) is 44.3. The average Bonchev–Trinajstić information content (AvgIpc) is 3.66. The summed E-state index contributed by atoms with van der Waals surface area (Å²) in [5.74, 6) is 0.598. The zero-order valence-electron chi connectivity index (χ0n) is 36.5. The lowest BCUT2D eigenvalue weighted by molar-refractivity contribution is 0.759. The van der Waals surface area contributed by atoms with E-state index in [0.717, 1.165) is 57.0 Å². The van der Waals surface area contributed by atoms with Crippen LogP contribution >= 0.6 is 0 Å². The first-order valence-electron chi connectivity index (χ1n) is 22.5. The summed E-state index contributed by atoms with van der Waals surface area (Å²) in [5, 5.41) is 2.35. The van der Waals surface area contributed by atoms with Crippen LogP contribution < -0.4 is 9.80 Å². The molecule has 0 saturated heterocycles. The molecule has 66 heavy (non-hydrogen) atoms. The molecule has 0 amide bonds. The predicted octanol–water partition coefficient (Wildman–Crippen LogP) is 15.7. The zero-order valence-corrected chi connectivity index (χ0v) is 36.5. The Bertz CT molecular complexity index is 3240. The van der Waals surface area contributed by atoms with Gasteiger partial charge in [-0.2, -0.15) is 0 Å². The van der Waals surface area contributed by atoms with E-state index in [1.807, 2.05) is 18.5 Å². The first-order valence-corrected chi connectivity index (χ1v) is 22.5. The van der Waals surface area contributed by atoms with Crippen molar-refractivity contribution in [1.82, 2.24) is 9.97 Å². The Morgan fingerprint density at radius 1 is 0.470 bits per heavy atom. The Morgan fingerprint density at radius 3 is 1.62 bits per heavy atom. The number of anilines is 5. The maximum atomic E-state index is 5.11. The van der Waals surface area contributed by atoms with Gasteiger partial charge in [-0.3, -0.25) is 4.90 Å². The molecule has 1 heterocycles. The van der Waals surface area contributed by atoms with Crippen LogP contribution in [0.3, 0.4) is 0 Å². The van der Waals surface area contributed by atoms with E-state index in [0.29, 0.717) is 5.95 Å². The van der Waals surface area contributed by atoms with Gasteiger partial charge in [0.25, 0.3) is 0 Å². The van der Waals surface area contributed by atoms with Crippen molar-refractivity contribution in [2.24, 2.45) is 0 Å². The quantitative estimate of drug-likeness (QED) is 0.145. The topological polar surface area (TPSA) is 32.3 Å². The van der Waals surface area contributed by atoms with Gasteiger partial charge >= 0.3 is 0 Å². The molecule has 0 saturated carbocycles. The van der Waals surface area contributed by atoms with Crippen molar-refractivity contribution >= 4 is 45.0 Å². The number of fused-ring (bicyclic) bond motifs is 3. The van der Waals surface area contributed by atoms with Gasteiger partial charge < -0.3 is 4.90 Å². The number of para-hydroxylation sites is 3. The van der Waals surface area contributed by atoms with Crippen molar-refractivity contribution in [2.75, 3.05) is 9.80 Å². The molecule has 2 aliphatic carbocycles. The fourth-order valence-corrected chi connectivity index (χ4v) is 9.79. The molecule has 0 unspecified atom stereocenters. The van der Waals surface area contributed by atoms with Crippen LogP contribution in [0.4, 0.5) is 28.7 Å². The number of rotatable bonds is 9. The van der Waals surface area contributed by atoms with Gasteiger partial charge in [0.1, 0.15) is 0 Å². The largest absolute Gasteiger partial charge is 0.310 e. The molecule has 0 bridgehead atoms. The van der Waals surface area contributed by atoms with Crippen LogP contribution in [0, 0.1) is 0 Å². The summed E-state index contributed by atoms with van der Waals surface area (Å²) in [4.78, 5) is 14.7. The van der Waals surface area contributed by atoms with E-state index in [9.17, 15) is 0 Å². The highest BCUT2D eigenvalue weighted by atomic mass is 15.3. The molecule has 0 aliphatic heterocycles. The SMILES string of the molecule is C=C1/C=C\C=C/CC2=C(C=C1N(c1ccccc1)c1ccccc1)C(c1ccccc1)(c1ccccc1)c1cc(-c3cnc(N(c4ccccc4)c4ccc5ccccc5c4)nc3)ccc12. The lowest BCUT2D eigenvalue weighted by Gasteiger charge is -2.36. The minimum absolute atomic E-state index is 0.598. The van der Waals surface area contributed by atoms with Crippen molar-refractivity contribution in [2.45, 2.75) is 11.8 Å². The van der Waals surface area contributed by atoms with E-state index >= 15 is 0 Å². The fourth-order valence-electron chi connectivity index (χ4n) is 9.79. The van der Waals surface area contributed by atoms with E-state index in [-0.39, 0.29) is 0 Å². The normalized spacial score (nSPS) is 15.0. The molecule has 4 nitrogen and oxygen atoms in total. The van der Waals surface area contributed by atoms with Crippen LogP contribution in [-0.4, -0.2) is 9.97 Å². The first-order chi connectivity index (χ1) is 32.7. The second-order valence-electron chi connectivity index (χ2n) is 16.7. The predicted molar refractivity (Wildman–Crippen MR) is 274 cm³/mol. The van der Waals surface area contributed by atoms with Crippen LogP contribution in [0.1, 0.15) is 28.7 Å². The molecular formula is C62H46N4. The van der Waals surface area contributed by atoms with Crippen molar-refractivity contribution in [3.8, 4) is 11.1 Å². The van der Waals surface area contributed by atoms with Crippen LogP contribution in [0.25, 0.3) is 27.5 Å². The summed E-state index contributed by atoms with van der Waals surface area (Å²) in [6.07, 6.45) is 15.8. The van der Waals surface area contributed by atoms with E-state index in [1.54, 1.807) is 0 Å². The summed E-state index contributed by atoms with van der Waals surface area (Å²) >= 11 is 0. The summed E-state index contributed by atoms with van der Waals surface area (Å²) in [5.41, 5.74) is 14.5. The molecular weight excluding hydrogens is 801 g/mol. The molecule has 0 radical (unpaired) electrons. The van der Waals surface area contributed by atoms with E-state index in [1.165, 1.54) is 38.8 Å². The van der Waals surface area contributed by atoms with E-state index in [4.69, 9.17) is 16.5 Å². The molecule has 0 spiro atoms. The third kappa shape index (κ3) is 7.25. The summed E-state index contributed by atoms with van der Waals surface area (Å²) < 4.78 is 0. The maximum absolute atomic E-state index is 5.11. The smallest absolute Gasteiger partial charge is 0.234 e. The molecule has 314 valence electrons. The summed E-state index contributed by atoms with van der Waals surface area (Å²) in [6, 6.07) is 75.4. The van der Waals surface area contributed by atoms with Crippen LogP contribution in [0.5, 0.6) is 0 Å². The van der Waals surface area contributed by atoms with Crippen molar-refractivity contribution in [3.05, 3.63) is 301 Å². The second-order valence-corrected chi connectivity index (χ2v) is 16.7. The minimum Gasteiger partial charge on any atom is -0.310 e. The molecule has 0 atom stereocenters. The number of hydrogen-bond donors (Lipinski definition) is 0. The lowest BCUT2D eigenvalue weighted by atomic mass is 9.66. The van der Waals surface area contributed by atoms with E-state index in [2.05, 4.69) is 246 Å². The van der Waals surface area contributed by atoms with Gasteiger partial charge in [-0.1, -0.05) is 189 Å². The minimum atomic E-state index is -0.703. The Morgan fingerprint density at radius 2 is 1.02 bits per heavy atom. The molecule has 9 aromatic rings. The van der Waals surface area contributed by atoms with E-state index < -0.39 is 5.41 Å². The molecule has 11 rings (SSSR count). The molecule has 1 aromatic heterocycles. The van der Waals surface area contributed by atoms with Crippen LogP contribution in [0.2, 0.25) is 0 Å². The summed E-state index contributed by atoms with van der Waals surface area (Å²) in [7, 11) is 0. The Balaban J connectivity index is 1.11. The molecule has 0 fully saturated rings. The van der Waals surface area contributed by atoms with Crippen LogP contribution in [-0.2, 0) is 5.41 Å². The first kappa shape index (κ1) is 40.2. The van der Waals surface area contributed by atoms with Gasteiger partial charge in [-0.25, -0.2) is 9.97 Å². The highest BCUT2D eigenvalue weighted by molar-refractivity contribution is 5.91. The number of aromatic nitrogens is 2. The molecule has 2 aliphatic rings. The average molecular weight is 847 g/mol. The van der Waals surface area contributed by atoms with Gasteiger partial charge in [-0.15, -0.1) is 0 Å². The number of hydrogen-bond acceptors (Lipinski definition) is 4. The standard InChI is InChI=1S/C62H46N4/c1-45-22-8-2-19-35-56-57-39-37-48(49-43-63-61(64-44-49)66(54-33-17-7-18-34-54)55-38-36-46-23-20-21-24-47(46)40-55)41-58(57)62(50-25-9-3-10-26-50,51-27-11-4-12-28-51)59(56)42-60(45)65(52-29-13-5-14-30-52)53-31-15-6-16-32-53/h2-34,36-44H,1,35H2/b19-2-,22-8-,60-42?. The number of allylic oxidation sites excluding steroid dienone is 7. The van der Waals surface area contributed by atoms with Gasteiger partial charge in [0.05, 0.1) is 11.1 Å². The fraction of sp³-hybridized carbons (Fsp3) is 0.0323. The Labute approximate surface area is 386 Å². The highest BCUT2D eigenvalue weighted by Crippen LogP contribution is 2.57. The third-order valence-electron chi connectivity index (χ3n) is 12.8. The van der Waals surface area contributed by atoms with Crippen LogP contribution in [0.15, 0.2) is 279 Å². The van der Waals surface area contributed by atoms with Gasteiger partial charge in [0.15, 0.2) is 0 Å². The second kappa shape index (κ2) is 17.5. The molecule has 8 aromatic carbocycles. The van der Waals surface area contributed by atoms with Crippen molar-refractivity contribution in [1.29, 1.82) is 0 Å². The Hall–Kier alpha value is -8.60. The lowest BCUT2D eigenvalue weighted by Crippen LogP contribution is -2.30. The highest BCUT2D eigenvalue weighted by Gasteiger charge is 2.47. The number of nitrogens with zero attached hydrogens (tertiary/aromatic N) is 4. The van der Waals surface area contributed by atoms with Crippen molar-refractivity contribution in [3.63, 3.8) is 0 Å².